The summed E-state index contributed by atoms with van der Waals surface area (Å²) in [6.07, 6.45) is 4.33. The van der Waals surface area contributed by atoms with Gasteiger partial charge in [0.15, 0.2) is 0 Å². The molecule has 0 radical (unpaired) electrons. The Morgan fingerprint density at radius 1 is 1.62 bits per heavy atom. The van der Waals surface area contributed by atoms with Crippen LogP contribution in [0.2, 0.25) is 0 Å². The predicted octanol–water partition coefficient (Wildman–Crippen LogP) is 1.67. The molecule has 0 bridgehead atoms. The van der Waals surface area contributed by atoms with Crippen molar-refractivity contribution in [3.05, 3.63) is 12.2 Å². The summed E-state index contributed by atoms with van der Waals surface area (Å²) in [5.41, 5.74) is 0. The first-order chi connectivity index (χ1) is 3.79. The summed E-state index contributed by atoms with van der Waals surface area (Å²) in [5.74, 6) is 0. The zero-order valence-corrected chi connectivity index (χ0v) is 8.02. The molecule has 2 unspecified atom stereocenters. The summed E-state index contributed by atoms with van der Waals surface area (Å²) >= 11 is 5.81. The van der Waals surface area contributed by atoms with Gasteiger partial charge in [-0.05, 0) is 0 Å². The summed E-state index contributed by atoms with van der Waals surface area (Å²) in [6, 6.07) is 0. The van der Waals surface area contributed by atoms with Gasteiger partial charge < -0.3 is 5.32 Å². The van der Waals surface area contributed by atoms with Crippen LogP contribution >= 0.6 is 38.5 Å². The van der Waals surface area contributed by atoms with Gasteiger partial charge in [-0.3, -0.25) is 0 Å². The highest BCUT2D eigenvalue weighted by molar-refractivity contribution is 14.1. The molecule has 0 spiro atoms. The van der Waals surface area contributed by atoms with E-state index in [1.54, 1.807) is 0 Å². The minimum Gasteiger partial charge on any atom is -0.301 e. The van der Waals surface area contributed by atoms with E-state index in [1.807, 2.05) is 0 Å². The summed E-state index contributed by atoms with van der Waals surface area (Å²) in [6.45, 7) is 1.05. The smallest absolute Gasteiger partial charge is 0.0780 e. The molecule has 0 aromatic rings. The highest BCUT2D eigenvalue weighted by Gasteiger charge is 2.07. The third kappa shape index (κ3) is 2.03. The normalized spacial score (nSPS) is 37.8. The molecule has 2 atom stereocenters. The molecule has 1 aliphatic heterocycles. The maximum absolute atomic E-state index is 3.46. The van der Waals surface area contributed by atoms with Crippen molar-refractivity contribution < 1.29 is 0 Å². The molecule has 1 N–H and O–H groups in total. The lowest BCUT2D eigenvalue weighted by atomic mass is 10.3. The van der Waals surface area contributed by atoms with Gasteiger partial charge in [0.1, 0.15) is 0 Å². The van der Waals surface area contributed by atoms with Gasteiger partial charge in [-0.2, -0.15) is 0 Å². The number of hydrogen-bond donors (Lipinski definition) is 1. The first kappa shape index (κ1) is 7.02. The minimum absolute atomic E-state index is 0.529. The second kappa shape index (κ2) is 3.17. The van der Waals surface area contributed by atoms with E-state index in [1.165, 1.54) is 0 Å². The second-order valence-corrected chi connectivity index (χ2v) is 4.23. The monoisotopic (exact) mass is 287 g/mol. The molecule has 0 saturated carbocycles. The van der Waals surface area contributed by atoms with Crippen LogP contribution in [0.5, 0.6) is 0 Å². The van der Waals surface area contributed by atoms with Crippen molar-refractivity contribution in [2.45, 2.75) is 8.88 Å². The zero-order valence-electron chi connectivity index (χ0n) is 4.27. The van der Waals surface area contributed by atoms with Crippen LogP contribution in [-0.2, 0) is 0 Å². The van der Waals surface area contributed by atoms with Gasteiger partial charge >= 0.3 is 0 Å². The van der Waals surface area contributed by atoms with Crippen LogP contribution in [0.15, 0.2) is 12.2 Å². The van der Waals surface area contributed by atoms with Gasteiger partial charge in [0, 0.05) is 11.4 Å². The Balaban J connectivity index is 2.42. The van der Waals surface area contributed by atoms with Crippen LogP contribution < -0.4 is 5.32 Å². The molecule has 0 fully saturated rings. The number of nitrogens with one attached hydrogen (secondary N) is 1. The molecule has 1 nitrogen and oxygen atoms in total. The number of rotatable bonds is 0. The molecule has 0 aliphatic carbocycles. The molecule has 3 heteroatoms. The number of alkyl halides is 2. The number of halogens is 2. The van der Waals surface area contributed by atoms with E-state index in [2.05, 4.69) is 56.0 Å². The van der Waals surface area contributed by atoms with Crippen molar-refractivity contribution in [2.75, 3.05) is 6.54 Å². The first-order valence-electron chi connectivity index (χ1n) is 2.49. The van der Waals surface area contributed by atoms with E-state index in [4.69, 9.17) is 0 Å². The van der Waals surface area contributed by atoms with Crippen molar-refractivity contribution in [3.63, 3.8) is 0 Å². The van der Waals surface area contributed by atoms with E-state index in [0.29, 0.717) is 8.88 Å². The summed E-state index contributed by atoms with van der Waals surface area (Å²) < 4.78 is 0.529. The highest BCUT2D eigenvalue weighted by Crippen LogP contribution is 2.09. The Bertz CT molecular complexity index is 92.6. The minimum atomic E-state index is 0.529. The molecule has 46 valence electrons. The molecule has 0 aromatic heterocycles. The highest BCUT2D eigenvalue weighted by atomic mass is 127. The second-order valence-electron chi connectivity index (χ2n) is 1.71. The lowest BCUT2D eigenvalue weighted by molar-refractivity contribution is 0.726. The van der Waals surface area contributed by atoms with E-state index in [9.17, 15) is 0 Å². The van der Waals surface area contributed by atoms with Gasteiger partial charge in [0.25, 0.3) is 0 Å². The van der Waals surface area contributed by atoms with Crippen LogP contribution in [-0.4, -0.2) is 15.4 Å². The lowest BCUT2D eigenvalue weighted by Gasteiger charge is -2.15. The average molecular weight is 288 g/mol. The molecule has 1 rings (SSSR count). The quantitative estimate of drug-likeness (QED) is 0.309. The third-order valence-corrected chi connectivity index (χ3v) is 2.48. The molecule has 1 heterocycles. The lowest BCUT2D eigenvalue weighted by Crippen LogP contribution is -2.31. The van der Waals surface area contributed by atoms with Crippen molar-refractivity contribution >= 4 is 38.5 Å². The SMILES string of the molecule is BrC1C=CC(I)NC1. The zero-order chi connectivity index (χ0) is 5.98. The Morgan fingerprint density at radius 2 is 2.38 bits per heavy atom. The van der Waals surface area contributed by atoms with Gasteiger partial charge in [-0.1, -0.05) is 50.7 Å². The van der Waals surface area contributed by atoms with Crippen LogP contribution in [0, 0.1) is 0 Å². The molecular formula is C5H7BrIN. The fraction of sp³-hybridized carbons (Fsp3) is 0.600. The van der Waals surface area contributed by atoms with Gasteiger partial charge in [0.05, 0.1) is 4.05 Å². The molecule has 1 aliphatic rings. The van der Waals surface area contributed by atoms with Crippen molar-refractivity contribution in [3.8, 4) is 0 Å². The van der Waals surface area contributed by atoms with Crippen LogP contribution in [0.1, 0.15) is 0 Å². The van der Waals surface area contributed by atoms with Crippen LogP contribution in [0.25, 0.3) is 0 Å². The fourth-order valence-corrected chi connectivity index (χ4v) is 1.44. The van der Waals surface area contributed by atoms with E-state index < -0.39 is 0 Å². The third-order valence-electron chi connectivity index (χ3n) is 0.997. The largest absolute Gasteiger partial charge is 0.301 e. The average Bonchev–Trinajstić information content (AvgIpc) is 1.77. The topological polar surface area (TPSA) is 12.0 Å². The molecule has 0 saturated heterocycles. The van der Waals surface area contributed by atoms with Crippen molar-refractivity contribution in [1.82, 2.24) is 5.32 Å². The van der Waals surface area contributed by atoms with Gasteiger partial charge in [-0.15, -0.1) is 0 Å². The summed E-state index contributed by atoms with van der Waals surface area (Å²) in [5, 5.41) is 3.28. The van der Waals surface area contributed by atoms with Crippen LogP contribution in [0.4, 0.5) is 0 Å². The maximum Gasteiger partial charge on any atom is 0.0780 e. The maximum atomic E-state index is 3.46. The molecular weight excluding hydrogens is 281 g/mol. The Labute approximate surface area is 71.2 Å². The van der Waals surface area contributed by atoms with Crippen molar-refractivity contribution in [1.29, 1.82) is 0 Å². The summed E-state index contributed by atoms with van der Waals surface area (Å²) in [4.78, 5) is 0.536. The Hall–Kier alpha value is 0.910. The van der Waals surface area contributed by atoms with E-state index >= 15 is 0 Å². The summed E-state index contributed by atoms with van der Waals surface area (Å²) in [7, 11) is 0. The van der Waals surface area contributed by atoms with Crippen LogP contribution in [0.3, 0.4) is 0 Å². The molecule has 8 heavy (non-hydrogen) atoms. The Kier molecular flexibility index (Phi) is 2.79. The van der Waals surface area contributed by atoms with Crippen molar-refractivity contribution in [2.24, 2.45) is 0 Å². The van der Waals surface area contributed by atoms with Gasteiger partial charge in [0.2, 0.25) is 0 Å². The predicted molar refractivity (Wildman–Crippen MR) is 47.7 cm³/mol. The standard InChI is InChI=1S/C5H7BrIN/c6-4-1-2-5(7)8-3-4/h1-2,4-5,8H,3H2. The fourth-order valence-electron chi connectivity index (χ4n) is 0.579. The van der Waals surface area contributed by atoms with Gasteiger partial charge in [-0.25, -0.2) is 0 Å². The van der Waals surface area contributed by atoms with E-state index in [0.717, 1.165) is 6.54 Å². The molecule has 0 aromatic carbocycles. The molecule has 0 amide bonds. The van der Waals surface area contributed by atoms with E-state index in [-0.39, 0.29) is 0 Å². The number of hydrogen-bond acceptors (Lipinski definition) is 1. The first-order valence-corrected chi connectivity index (χ1v) is 4.65. The Morgan fingerprint density at radius 3 is 2.75 bits per heavy atom.